The second-order valence-electron chi connectivity index (χ2n) is 2.07. The standard InChI is InChI=1S/C8H12N2/c1-4-5-7(9)8(10)6(2)3/h4-5,9-10H,2H2,1,3H3/b5-4-,9-7?,10-8?. The lowest BCUT2D eigenvalue weighted by Crippen LogP contribution is -2.08. The fourth-order valence-corrected chi connectivity index (χ4v) is 0.480. The number of rotatable bonds is 3. The Kier molecular flexibility index (Phi) is 3.33. The zero-order valence-corrected chi connectivity index (χ0v) is 6.36. The number of nitrogens with one attached hydrogen (secondary N) is 2. The first kappa shape index (κ1) is 8.82. The van der Waals surface area contributed by atoms with Gasteiger partial charge >= 0.3 is 0 Å². The minimum absolute atomic E-state index is 0.207. The molecular weight excluding hydrogens is 124 g/mol. The lowest BCUT2D eigenvalue weighted by molar-refractivity contribution is 1.45. The summed E-state index contributed by atoms with van der Waals surface area (Å²) in [5, 5.41) is 14.5. The first-order chi connectivity index (χ1) is 4.59. The lowest BCUT2D eigenvalue weighted by Gasteiger charge is -1.97. The third kappa shape index (κ3) is 2.40. The van der Waals surface area contributed by atoms with Gasteiger partial charge in [0, 0.05) is 0 Å². The van der Waals surface area contributed by atoms with Crippen molar-refractivity contribution in [2.24, 2.45) is 0 Å². The predicted octanol–water partition coefficient (Wildman–Crippen LogP) is 2.18. The van der Waals surface area contributed by atoms with Gasteiger partial charge in [-0.05, 0) is 25.5 Å². The normalized spacial score (nSPS) is 9.80. The van der Waals surface area contributed by atoms with Crippen LogP contribution in [-0.2, 0) is 0 Å². The maximum Gasteiger partial charge on any atom is 0.0812 e. The first-order valence-corrected chi connectivity index (χ1v) is 3.05. The molecule has 10 heavy (non-hydrogen) atoms. The smallest absolute Gasteiger partial charge is 0.0812 e. The maximum absolute atomic E-state index is 7.28. The average Bonchev–Trinajstić information content (AvgIpc) is 1.87. The Hall–Kier alpha value is -1.18. The van der Waals surface area contributed by atoms with Crippen LogP contribution in [0.25, 0.3) is 0 Å². The molecule has 2 N–H and O–H groups in total. The van der Waals surface area contributed by atoms with Gasteiger partial charge < -0.3 is 0 Å². The zero-order valence-electron chi connectivity index (χ0n) is 6.36. The van der Waals surface area contributed by atoms with E-state index in [-0.39, 0.29) is 11.4 Å². The van der Waals surface area contributed by atoms with E-state index >= 15 is 0 Å². The highest BCUT2D eigenvalue weighted by molar-refractivity contribution is 6.49. The van der Waals surface area contributed by atoms with E-state index in [0.29, 0.717) is 5.57 Å². The van der Waals surface area contributed by atoms with Gasteiger partial charge in [0.05, 0.1) is 11.4 Å². The molecule has 0 aliphatic carbocycles. The quantitative estimate of drug-likeness (QED) is 0.559. The third-order valence-electron chi connectivity index (χ3n) is 1.03. The molecule has 54 valence electrons. The van der Waals surface area contributed by atoms with Crippen molar-refractivity contribution in [1.82, 2.24) is 0 Å². The van der Waals surface area contributed by atoms with Crippen LogP contribution in [0.3, 0.4) is 0 Å². The minimum atomic E-state index is 0.207. The maximum atomic E-state index is 7.28. The molecule has 2 heteroatoms. The monoisotopic (exact) mass is 136 g/mol. The number of hydrogen-bond acceptors (Lipinski definition) is 2. The van der Waals surface area contributed by atoms with Crippen molar-refractivity contribution < 1.29 is 0 Å². The summed E-state index contributed by atoms with van der Waals surface area (Å²) in [7, 11) is 0. The third-order valence-corrected chi connectivity index (χ3v) is 1.03. The predicted molar refractivity (Wildman–Crippen MR) is 45.1 cm³/mol. The summed E-state index contributed by atoms with van der Waals surface area (Å²) in [6.07, 6.45) is 3.32. The van der Waals surface area contributed by atoms with Crippen LogP contribution >= 0.6 is 0 Å². The topological polar surface area (TPSA) is 47.7 Å². The summed E-state index contributed by atoms with van der Waals surface area (Å²) in [5.41, 5.74) is 1.05. The van der Waals surface area contributed by atoms with Gasteiger partial charge in [-0.15, -0.1) is 0 Å². The second kappa shape index (κ2) is 3.77. The molecule has 0 aromatic heterocycles. The summed E-state index contributed by atoms with van der Waals surface area (Å²) in [5.74, 6) is 0. The molecule has 0 heterocycles. The second-order valence-corrected chi connectivity index (χ2v) is 2.07. The van der Waals surface area contributed by atoms with Crippen molar-refractivity contribution in [3.63, 3.8) is 0 Å². The zero-order chi connectivity index (χ0) is 8.15. The molecule has 0 bridgehead atoms. The van der Waals surface area contributed by atoms with Crippen molar-refractivity contribution in [3.8, 4) is 0 Å². The Bertz CT molecular complexity index is 199. The Balaban J connectivity index is 4.23. The minimum Gasteiger partial charge on any atom is -0.299 e. The molecule has 0 aromatic carbocycles. The van der Waals surface area contributed by atoms with E-state index in [1.165, 1.54) is 0 Å². The SMILES string of the molecule is C=C(C)C(=N)C(=N)/C=C\C. The van der Waals surface area contributed by atoms with Gasteiger partial charge in [0.25, 0.3) is 0 Å². The van der Waals surface area contributed by atoms with Gasteiger partial charge in [-0.25, -0.2) is 0 Å². The van der Waals surface area contributed by atoms with E-state index in [0.717, 1.165) is 0 Å². The molecule has 0 aromatic rings. The van der Waals surface area contributed by atoms with Crippen LogP contribution in [0.5, 0.6) is 0 Å². The van der Waals surface area contributed by atoms with Crippen LogP contribution < -0.4 is 0 Å². The molecule has 0 aliphatic rings. The number of hydrogen-bond donors (Lipinski definition) is 2. The molecule has 0 radical (unpaired) electrons. The van der Waals surface area contributed by atoms with E-state index in [9.17, 15) is 0 Å². The van der Waals surface area contributed by atoms with E-state index < -0.39 is 0 Å². The fourth-order valence-electron chi connectivity index (χ4n) is 0.480. The molecule has 0 rings (SSSR count). The summed E-state index contributed by atoms with van der Waals surface area (Å²) in [6.45, 7) is 7.10. The van der Waals surface area contributed by atoms with E-state index in [4.69, 9.17) is 10.8 Å². The number of allylic oxidation sites excluding steroid dienone is 3. The molecular formula is C8H12N2. The first-order valence-electron chi connectivity index (χ1n) is 3.05. The molecule has 0 aliphatic heterocycles. The molecule has 0 saturated heterocycles. The highest BCUT2D eigenvalue weighted by atomic mass is 14.5. The van der Waals surface area contributed by atoms with Gasteiger partial charge in [0.15, 0.2) is 0 Å². The molecule has 0 fully saturated rings. The van der Waals surface area contributed by atoms with Crippen molar-refractivity contribution in [2.45, 2.75) is 13.8 Å². The van der Waals surface area contributed by atoms with E-state index in [1.807, 2.05) is 6.92 Å². The van der Waals surface area contributed by atoms with Gasteiger partial charge in [0.2, 0.25) is 0 Å². The summed E-state index contributed by atoms with van der Waals surface area (Å²) >= 11 is 0. The largest absolute Gasteiger partial charge is 0.299 e. The highest BCUT2D eigenvalue weighted by Crippen LogP contribution is 1.93. The van der Waals surface area contributed by atoms with Crippen LogP contribution in [0.1, 0.15) is 13.8 Å². The lowest BCUT2D eigenvalue weighted by atomic mass is 10.1. The van der Waals surface area contributed by atoms with Crippen molar-refractivity contribution in [3.05, 3.63) is 24.3 Å². The van der Waals surface area contributed by atoms with Gasteiger partial charge in [-0.1, -0.05) is 12.7 Å². The Morgan fingerprint density at radius 3 is 2.20 bits per heavy atom. The highest BCUT2D eigenvalue weighted by Gasteiger charge is 1.99. The molecule has 2 nitrogen and oxygen atoms in total. The fraction of sp³-hybridized carbons (Fsp3) is 0.250. The van der Waals surface area contributed by atoms with Crippen LogP contribution in [0.2, 0.25) is 0 Å². The average molecular weight is 136 g/mol. The Labute approximate surface area is 61.3 Å². The van der Waals surface area contributed by atoms with Crippen molar-refractivity contribution in [1.29, 1.82) is 10.8 Å². The van der Waals surface area contributed by atoms with Crippen LogP contribution in [0, 0.1) is 10.8 Å². The summed E-state index contributed by atoms with van der Waals surface area (Å²) in [4.78, 5) is 0. The Morgan fingerprint density at radius 2 is 1.90 bits per heavy atom. The van der Waals surface area contributed by atoms with Crippen LogP contribution in [0.4, 0.5) is 0 Å². The molecule has 0 atom stereocenters. The molecule has 0 amide bonds. The Morgan fingerprint density at radius 1 is 1.40 bits per heavy atom. The van der Waals surface area contributed by atoms with Crippen molar-refractivity contribution in [2.75, 3.05) is 0 Å². The van der Waals surface area contributed by atoms with E-state index in [1.54, 1.807) is 19.1 Å². The summed E-state index contributed by atoms with van der Waals surface area (Å²) < 4.78 is 0. The van der Waals surface area contributed by atoms with Gasteiger partial charge in [-0.3, -0.25) is 10.8 Å². The van der Waals surface area contributed by atoms with Crippen LogP contribution in [-0.4, -0.2) is 11.4 Å². The van der Waals surface area contributed by atoms with Gasteiger partial charge in [0.1, 0.15) is 0 Å². The molecule has 0 spiro atoms. The molecule has 0 saturated carbocycles. The van der Waals surface area contributed by atoms with Crippen LogP contribution in [0.15, 0.2) is 24.3 Å². The van der Waals surface area contributed by atoms with E-state index in [2.05, 4.69) is 6.58 Å². The summed E-state index contributed by atoms with van der Waals surface area (Å²) in [6, 6.07) is 0. The molecule has 0 unspecified atom stereocenters. The van der Waals surface area contributed by atoms with Gasteiger partial charge in [-0.2, -0.15) is 0 Å². The van der Waals surface area contributed by atoms with Crippen molar-refractivity contribution >= 4 is 11.4 Å².